The van der Waals surface area contributed by atoms with E-state index in [0.717, 1.165) is 29.8 Å². The van der Waals surface area contributed by atoms with Crippen molar-refractivity contribution in [3.05, 3.63) is 11.5 Å². The molecule has 0 aromatic carbocycles. The summed E-state index contributed by atoms with van der Waals surface area (Å²) in [6.07, 6.45) is 5.20. The lowest BCUT2D eigenvalue weighted by atomic mass is 9.81. The van der Waals surface area contributed by atoms with Gasteiger partial charge >= 0.3 is 0 Å². The summed E-state index contributed by atoms with van der Waals surface area (Å²) >= 11 is 0. The fourth-order valence-corrected chi connectivity index (χ4v) is 2.99. The number of nitrogens with two attached hydrogens (primary N) is 1. The molecule has 16 heavy (non-hydrogen) atoms. The van der Waals surface area contributed by atoms with Crippen LogP contribution in [0.25, 0.3) is 0 Å². The summed E-state index contributed by atoms with van der Waals surface area (Å²) < 4.78 is 2.12. The number of rotatable bonds is 2. The van der Waals surface area contributed by atoms with Crippen molar-refractivity contribution in [3.8, 4) is 0 Å². The predicted molar refractivity (Wildman–Crippen MR) is 67.4 cm³/mol. The molecule has 1 aliphatic rings. The molecule has 0 aliphatic heterocycles. The zero-order chi connectivity index (χ0) is 11.7. The Labute approximate surface area is 98.1 Å². The zero-order valence-corrected chi connectivity index (χ0v) is 10.7. The Bertz CT molecular complexity index is 367. The van der Waals surface area contributed by atoms with E-state index in [1.807, 2.05) is 0 Å². The quantitative estimate of drug-likeness (QED) is 0.834. The SMILES string of the molecule is CCn1c(C)nc(C2CCCC(C)C2)c1N. The fourth-order valence-electron chi connectivity index (χ4n) is 2.99. The van der Waals surface area contributed by atoms with Crippen LogP contribution in [0.4, 0.5) is 5.82 Å². The standard InChI is InChI=1S/C13H23N3/c1-4-16-10(3)15-12(13(16)14)11-7-5-6-9(2)8-11/h9,11H,4-8,14H2,1-3H3. The number of hydrogen-bond acceptors (Lipinski definition) is 2. The highest BCUT2D eigenvalue weighted by atomic mass is 15.1. The highest BCUT2D eigenvalue weighted by molar-refractivity contribution is 5.40. The van der Waals surface area contributed by atoms with Crippen LogP contribution in [0.3, 0.4) is 0 Å². The number of nitrogens with zero attached hydrogens (tertiary/aromatic N) is 2. The second-order valence-electron chi connectivity index (χ2n) is 5.14. The van der Waals surface area contributed by atoms with E-state index in [-0.39, 0.29) is 0 Å². The van der Waals surface area contributed by atoms with Crippen LogP contribution in [0.1, 0.15) is 57.0 Å². The van der Waals surface area contributed by atoms with Gasteiger partial charge in [0.05, 0.1) is 5.69 Å². The van der Waals surface area contributed by atoms with E-state index < -0.39 is 0 Å². The van der Waals surface area contributed by atoms with Gasteiger partial charge in [0.25, 0.3) is 0 Å². The van der Waals surface area contributed by atoms with Crippen molar-refractivity contribution in [3.63, 3.8) is 0 Å². The minimum atomic E-state index is 0.593. The Kier molecular flexibility index (Phi) is 3.22. The summed E-state index contributed by atoms with van der Waals surface area (Å²) in [4.78, 5) is 4.68. The molecule has 2 rings (SSSR count). The first-order chi connectivity index (χ1) is 7.63. The van der Waals surface area contributed by atoms with Gasteiger partial charge in [0, 0.05) is 12.5 Å². The van der Waals surface area contributed by atoms with E-state index in [9.17, 15) is 0 Å². The average Bonchev–Trinajstić information content (AvgIpc) is 2.54. The molecule has 0 spiro atoms. The minimum Gasteiger partial charge on any atom is -0.384 e. The summed E-state index contributed by atoms with van der Waals surface area (Å²) in [5, 5.41) is 0. The van der Waals surface area contributed by atoms with Crippen molar-refractivity contribution in [1.82, 2.24) is 9.55 Å². The maximum absolute atomic E-state index is 6.19. The third kappa shape index (κ3) is 1.95. The molecule has 1 saturated carbocycles. The highest BCUT2D eigenvalue weighted by Gasteiger charge is 2.25. The van der Waals surface area contributed by atoms with E-state index >= 15 is 0 Å². The first-order valence-corrected chi connectivity index (χ1v) is 6.46. The average molecular weight is 221 g/mol. The molecule has 3 nitrogen and oxygen atoms in total. The fraction of sp³-hybridized carbons (Fsp3) is 0.769. The van der Waals surface area contributed by atoms with E-state index in [0.29, 0.717) is 5.92 Å². The van der Waals surface area contributed by atoms with Crippen molar-refractivity contribution < 1.29 is 0 Å². The second-order valence-corrected chi connectivity index (χ2v) is 5.14. The number of nitrogen functional groups attached to an aromatic ring is 1. The highest BCUT2D eigenvalue weighted by Crippen LogP contribution is 2.37. The predicted octanol–water partition coefficient (Wildman–Crippen LogP) is 3.09. The topological polar surface area (TPSA) is 43.8 Å². The normalized spacial score (nSPS) is 25.9. The lowest BCUT2D eigenvalue weighted by Gasteiger charge is -2.25. The van der Waals surface area contributed by atoms with Gasteiger partial charge in [-0.3, -0.25) is 0 Å². The molecule has 0 amide bonds. The zero-order valence-electron chi connectivity index (χ0n) is 10.7. The van der Waals surface area contributed by atoms with Crippen LogP contribution in [0, 0.1) is 12.8 Å². The molecule has 2 atom stereocenters. The van der Waals surface area contributed by atoms with Crippen molar-refractivity contribution >= 4 is 5.82 Å². The summed E-state index contributed by atoms with van der Waals surface area (Å²) in [6.45, 7) is 7.44. The second kappa shape index (κ2) is 4.48. The Morgan fingerprint density at radius 1 is 1.44 bits per heavy atom. The van der Waals surface area contributed by atoms with Gasteiger partial charge in [-0.2, -0.15) is 0 Å². The number of imidazole rings is 1. The van der Waals surface area contributed by atoms with Crippen LogP contribution in [-0.2, 0) is 6.54 Å². The molecule has 1 heterocycles. The van der Waals surface area contributed by atoms with Crippen LogP contribution in [-0.4, -0.2) is 9.55 Å². The van der Waals surface area contributed by atoms with E-state index in [1.165, 1.54) is 25.7 Å². The molecule has 90 valence electrons. The summed E-state index contributed by atoms with van der Waals surface area (Å²) in [6, 6.07) is 0. The first-order valence-electron chi connectivity index (χ1n) is 6.46. The first kappa shape index (κ1) is 11.5. The van der Waals surface area contributed by atoms with E-state index in [2.05, 4.69) is 30.3 Å². The lowest BCUT2D eigenvalue weighted by Crippen LogP contribution is -2.14. The summed E-state index contributed by atoms with van der Waals surface area (Å²) in [5.74, 6) is 3.38. The number of anilines is 1. The van der Waals surface area contributed by atoms with Gasteiger partial charge in [-0.25, -0.2) is 4.98 Å². The summed E-state index contributed by atoms with van der Waals surface area (Å²) in [7, 11) is 0. The van der Waals surface area contributed by atoms with E-state index in [1.54, 1.807) is 0 Å². The molecular weight excluding hydrogens is 198 g/mol. The van der Waals surface area contributed by atoms with Gasteiger partial charge in [-0.1, -0.05) is 19.8 Å². The molecule has 1 fully saturated rings. The Hall–Kier alpha value is -0.990. The van der Waals surface area contributed by atoms with Crippen LogP contribution in [0.5, 0.6) is 0 Å². The van der Waals surface area contributed by atoms with Crippen LogP contribution in [0.2, 0.25) is 0 Å². The third-order valence-corrected chi connectivity index (χ3v) is 3.87. The smallest absolute Gasteiger partial charge is 0.127 e. The van der Waals surface area contributed by atoms with Gasteiger partial charge in [0.15, 0.2) is 0 Å². The van der Waals surface area contributed by atoms with Gasteiger partial charge in [0.2, 0.25) is 0 Å². The maximum atomic E-state index is 6.19. The minimum absolute atomic E-state index is 0.593. The molecule has 2 N–H and O–H groups in total. The van der Waals surface area contributed by atoms with Gasteiger partial charge in [-0.15, -0.1) is 0 Å². The Balaban J connectivity index is 2.26. The maximum Gasteiger partial charge on any atom is 0.127 e. The molecule has 1 aliphatic carbocycles. The monoisotopic (exact) mass is 221 g/mol. The Morgan fingerprint density at radius 3 is 2.75 bits per heavy atom. The molecule has 0 bridgehead atoms. The molecule has 0 saturated heterocycles. The number of hydrogen-bond donors (Lipinski definition) is 1. The van der Waals surface area contributed by atoms with Crippen molar-refractivity contribution in [2.75, 3.05) is 5.73 Å². The van der Waals surface area contributed by atoms with Gasteiger partial charge in [-0.05, 0) is 32.6 Å². The Morgan fingerprint density at radius 2 is 2.19 bits per heavy atom. The van der Waals surface area contributed by atoms with Crippen molar-refractivity contribution in [2.24, 2.45) is 5.92 Å². The van der Waals surface area contributed by atoms with Gasteiger partial charge in [0.1, 0.15) is 11.6 Å². The lowest BCUT2D eigenvalue weighted by molar-refractivity contribution is 0.341. The molecule has 3 heteroatoms. The molecule has 0 radical (unpaired) electrons. The summed E-state index contributed by atoms with van der Waals surface area (Å²) in [5.41, 5.74) is 7.35. The van der Waals surface area contributed by atoms with E-state index in [4.69, 9.17) is 5.73 Å². The van der Waals surface area contributed by atoms with Crippen molar-refractivity contribution in [1.29, 1.82) is 0 Å². The largest absolute Gasteiger partial charge is 0.384 e. The van der Waals surface area contributed by atoms with Crippen LogP contribution in [0.15, 0.2) is 0 Å². The number of aromatic nitrogens is 2. The van der Waals surface area contributed by atoms with Gasteiger partial charge < -0.3 is 10.3 Å². The van der Waals surface area contributed by atoms with Crippen LogP contribution < -0.4 is 5.73 Å². The molecule has 2 unspecified atom stereocenters. The number of aryl methyl sites for hydroxylation is 1. The third-order valence-electron chi connectivity index (χ3n) is 3.87. The molecule has 1 aromatic rings. The van der Waals surface area contributed by atoms with Crippen molar-refractivity contribution in [2.45, 2.75) is 58.9 Å². The van der Waals surface area contributed by atoms with Crippen LogP contribution >= 0.6 is 0 Å². The molecular formula is C13H23N3. The molecule has 1 aromatic heterocycles.